The Kier molecular flexibility index (Phi) is 6.87. The Hall–Kier alpha value is -1.86. The molecule has 2 aliphatic rings. The van der Waals surface area contributed by atoms with Gasteiger partial charge < -0.3 is 0 Å². The molecule has 7 heteroatoms. The number of halogens is 1. The fourth-order valence-electron chi connectivity index (χ4n) is 4.88. The van der Waals surface area contributed by atoms with Crippen molar-refractivity contribution >= 4 is 0 Å². The molecule has 0 radical (unpaired) electrons. The Labute approximate surface area is 173 Å². The van der Waals surface area contributed by atoms with Crippen molar-refractivity contribution in [3.8, 4) is 0 Å². The minimum Gasteiger partial charge on any atom is -0.298 e. The van der Waals surface area contributed by atoms with Gasteiger partial charge in [0.15, 0.2) is 5.82 Å². The van der Waals surface area contributed by atoms with E-state index in [1.165, 1.54) is 37.8 Å². The van der Waals surface area contributed by atoms with Gasteiger partial charge in [-0.25, -0.2) is 9.07 Å². The summed E-state index contributed by atoms with van der Waals surface area (Å²) in [4.78, 5) is 5.27. The Morgan fingerprint density at radius 2 is 1.79 bits per heavy atom. The summed E-state index contributed by atoms with van der Waals surface area (Å²) in [5.41, 5.74) is 1.01. The SMILES string of the molecule is CCCC[C@@H](c1nnnn1Cc1ccc(F)cc1)N1CCN(C2CCCC2)CC1. The lowest BCUT2D eigenvalue weighted by atomic mass is 10.1. The van der Waals surface area contributed by atoms with Crippen molar-refractivity contribution in [2.45, 2.75) is 70.5 Å². The van der Waals surface area contributed by atoms with Crippen LogP contribution in [0.5, 0.6) is 0 Å². The van der Waals surface area contributed by atoms with Gasteiger partial charge in [0.05, 0.1) is 12.6 Å². The van der Waals surface area contributed by atoms with Crippen molar-refractivity contribution in [1.29, 1.82) is 0 Å². The molecule has 29 heavy (non-hydrogen) atoms. The van der Waals surface area contributed by atoms with Gasteiger partial charge in [0.1, 0.15) is 5.82 Å². The first-order valence-electron chi connectivity index (χ1n) is 11.2. The van der Waals surface area contributed by atoms with Gasteiger partial charge in [-0.15, -0.1) is 5.10 Å². The van der Waals surface area contributed by atoms with E-state index < -0.39 is 0 Å². The number of tetrazole rings is 1. The molecule has 1 aromatic heterocycles. The summed E-state index contributed by atoms with van der Waals surface area (Å²) in [5, 5.41) is 12.7. The Balaban J connectivity index is 1.46. The minimum absolute atomic E-state index is 0.216. The molecule has 0 N–H and O–H groups in total. The molecular formula is C22H33FN6. The number of unbranched alkanes of at least 4 members (excludes halogenated alkanes) is 1. The molecule has 0 bridgehead atoms. The maximum Gasteiger partial charge on any atom is 0.168 e. The maximum atomic E-state index is 13.2. The molecular weight excluding hydrogens is 367 g/mol. The average molecular weight is 401 g/mol. The fourth-order valence-corrected chi connectivity index (χ4v) is 4.88. The van der Waals surface area contributed by atoms with Crippen LogP contribution in [0.2, 0.25) is 0 Å². The van der Waals surface area contributed by atoms with Crippen LogP contribution in [0.3, 0.4) is 0 Å². The molecule has 2 heterocycles. The standard InChI is InChI=1S/C22H33FN6/c1-2-3-8-21(28-15-13-27(14-16-28)20-6-4-5-7-20)22-24-25-26-29(22)17-18-9-11-19(23)12-10-18/h9-12,20-21H,2-8,13-17H2,1H3/t21-/m0/s1. The van der Waals surface area contributed by atoms with Crippen LogP contribution in [-0.4, -0.2) is 62.2 Å². The number of hydrogen-bond acceptors (Lipinski definition) is 5. The average Bonchev–Trinajstić information content (AvgIpc) is 3.43. The smallest absolute Gasteiger partial charge is 0.168 e. The highest BCUT2D eigenvalue weighted by Crippen LogP contribution is 2.29. The van der Waals surface area contributed by atoms with Crippen LogP contribution in [0, 0.1) is 5.82 Å². The first kappa shape index (κ1) is 20.4. The molecule has 0 amide bonds. The summed E-state index contributed by atoms with van der Waals surface area (Å²) in [5.74, 6) is 0.726. The summed E-state index contributed by atoms with van der Waals surface area (Å²) < 4.78 is 15.1. The fraction of sp³-hybridized carbons (Fsp3) is 0.682. The van der Waals surface area contributed by atoms with E-state index in [1.54, 1.807) is 0 Å². The zero-order chi connectivity index (χ0) is 20.1. The highest BCUT2D eigenvalue weighted by Gasteiger charge is 2.31. The predicted molar refractivity (Wildman–Crippen MR) is 111 cm³/mol. The van der Waals surface area contributed by atoms with Gasteiger partial charge in [-0.3, -0.25) is 9.80 Å². The number of benzene rings is 1. The Morgan fingerprint density at radius 1 is 1.07 bits per heavy atom. The number of nitrogens with zero attached hydrogens (tertiary/aromatic N) is 6. The Bertz CT molecular complexity index is 747. The molecule has 1 aliphatic carbocycles. The maximum absolute atomic E-state index is 13.2. The second-order valence-corrected chi connectivity index (χ2v) is 8.49. The largest absolute Gasteiger partial charge is 0.298 e. The molecule has 1 aliphatic heterocycles. The lowest BCUT2D eigenvalue weighted by Crippen LogP contribution is -2.50. The van der Waals surface area contributed by atoms with E-state index in [1.807, 2.05) is 16.8 Å². The number of hydrogen-bond donors (Lipinski definition) is 0. The van der Waals surface area contributed by atoms with Gasteiger partial charge in [-0.2, -0.15) is 0 Å². The quantitative estimate of drug-likeness (QED) is 0.677. The van der Waals surface area contributed by atoms with Gasteiger partial charge in [-0.1, -0.05) is 44.7 Å². The summed E-state index contributed by atoms with van der Waals surface area (Å²) in [6.45, 7) is 7.26. The van der Waals surface area contributed by atoms with Gasteiger partial charge >= 0.3 is 0 Å². The molecule has 1 saturated heterocycles. The van der Waals surface area contributed by atoms with E-state index in [9.17, 15) is 4.39 Å². The molecule has 2 aromatic rings. The van der Waals surface area contributed by atoms with Crippen molar-refractivity contribution in [3.05, 3.63) is 41.5 Å². The van der Waals surface area contributed by atoms with Crippen LogP contribution < -0.4 is 0 Å². The zero-order valence-corrected chi connectivity index (χ0v) is 17.5. The van der Waals surface area contributed by atoms with Gasteiger partial charge in [-0.05, 0) is 47.4 Å². The predicted octanol–water partition coefficient (Wildman–Crippen LogP) is 3.65. The van der Waals surface area contributed by atoms with E-state index in [0.717, 1.165) is 62.9 Å². The molecule has 6 nitrogen and oxygen atoms in total. The van der Waals surface area contributed by atoms with Crippen molar-refractivity contribution in [2.24, 2.45) is 0 Å². The molecule has 0 spiro atoms. The molecule has 0 unspecified atom stereocenters. The zero-order valence-electron chi connectivity index (χ0n) is 17.5. The van der Waals surface area contributed by atoms with Crippen molar-refractivity contribution < 1.29 is 4.39 Å². The van der Waals surface area contributed by atoms with Crippen LogP contribution >= 0.6 is 0 Å². The third kappa shape index (κ3) is 5.01. The van der Waals surface area contributed by atoms with E-state index in [-0.39, 0.29) is 11.9 Å². The molecule has 1 saturated carbocycles. The highest BCUT2D eigenvalue weighted by atomic mass is 19.1. The van der Waals surface area contributed by atoms with E-state index in [0.29, 0.717) is 6.54 Å². The Morgan fingerprint density at radius 3 is 2.48 bits per heavy atom. The van der Waals surface area contributed by atoms with Crippen LogP contribution in [-0.2, 0) is 6.54 Å². The van der Waals surface area contributed by atoms with E-state index >= 15 is 0 Å². The van der Waals surface area contributed by atoms with Gasteiger partial charge in [0.25, 0.3) is 0 Å². The van der Waals surface area contributed by atoms with Crippen molar-refractivity contribution in [2.75, 3.05) is 26.2 Å². The third-order valence-electron chi connectivity index (χ3n) is 6.57. The lowest BCUT2D eigenvalue weighted by Gasteiger charge is -2.41. The number of aromatic nitrogens is 4. The lowest BCUT2D eigenvalue weighted by molar-refractivity contribution is 0.0622. The van der Waals surface area contributed by atoms with Gasteiger partial charge in [0, 0.05) is 32.2 Å². The number of piperazine rings is 1. The number of rotatable bonds is 8. The van der Waals surface area contributed by atoms with Crippen LogP contribution in [0.1, 0.15) is 69.3 Å². The van der Waals surface area contributed by atoms with Crippen LogP contribution in [0.4, 0.5) is 4.39 Å². The molecule has 1 aromatic carbocycles. The van der Waals surface area contributed by atoms with Crippen molar-refractivity contribution in [3.63, 3.8) is 0 Å². The minimum atomic E-state index is -0.216. The molecule has 2 fully saturated rings. The van der Waals surface area contributed by atoms with Crippen LogP contribution in [0.25, 0.3) is 0 Å². The van der Waals surface area contributed by atoms with E-state index in [2.05, 4.69) is 32.2 Å². The molecule has 1 atom stereocenters. The van der Waals surface area contributed by atoms with Crippen molar-refractivity contribution in [1.82, 2.24) is 30.0 Å². The van der Waals surface area contributed by atoms with E-state index in [4.69, 9.17) is 0 Å². The summed E-state index contributed by atoms with van der Waals surface area (Å²) in [7, 11) is 0. The first-order valence-corrected chi connectivity index (χ1v) is 11.2. The second-order valence-electron chi connectivity index (χ2n) is 8.49. The normalized spacial score (nSPS) is 20.3. The topological polar surface area (TPSA) is 50.1 Å². The summed E-state index contributed by atoms with van der Waals surface area (Å²) in [6.07, 6.45) is 8.92. The summed E-state index contributed by atoms with van der Waals surface area (Å²) >= 11 is 0. The first-order chi connectivity index (χ1) is 14.2. The van der Waals surface area contributed by atoms with Gasteiger partial charge in [0.2, 0.25) is 0 Å². The molecule has 158 valence electrons. The highest BCUT2D eigenvalue weighted by molar-refractivity contribution is 5.16. The third-order valence-corrected chi connectivity index (χ3v) is 6.57. The summed E-state index contributed by atoms with van der Waals surface area (Å²) in [6, 6.07) is 7.66. The monoisotopic (exact) mass is 400 g/mol. The second kappa shape index (κ2) is 9.76. The van der Waals surface area contributed by atoms with Crippen LogP contribution in [0.15, 0.2) is 24.3 Å². The molecule has 4 rings (SSSR count).